The molecule has 2 heterocycles. The molecule has 1 N–H and O–H groups in total. The van der Waals surface area contributed by atoms with E-state index in [1.807, 2.05) is 73.7 Å². The maximum absolute atomic E-state index is 10.8. The second kappa shape index (κ2) is 7.42. The summed E-state index contributed by atoms with van der Waals surface area (Å²) in [7, 11) is 0. The van der Waals surface area contributed by atoms with Crippen LogP contribution in [-0.2, 0) is 0 Å². The second-order valence-corrected chi connectivity index (χ2v) is 7.85. The summed E-state index contributed by atoms with van der Waals surface area (Å²) >= 11 is 6.91. The Morgan fingerprint density at radius 3 is 2.44 bits per heavy atom. The van der Waals surface area contributed by atoms with Gasteiger partial charge in [-0.3, -0.25) is 4.57 Å². The lowest BCUT2D eigenvalue weighted by molar-refractivity contribution is 0.404. The van der Waals surface area contributed by atoms with E-state index in [-0.39, 0.29) is 11.9 Å². The molecule has 3 aromatic rings. The molecule has 27 heavy (non-hydrogen) atoms. The van der Waals surface area contributed by atoms with E-state index in [0.717, 1.165) is 22.4 Å². The molecule has 1 atom stereocenters. The van der Waals surface area contributed by atoms with Crippen LogP contribution in [0.3, 0.4) is 0 Å². The molecule has 0 bridgehead atoms. The van der Waals surface area contributed by atoms with Gasteiger partial charge in [-0.25, -0.2) is 0 Å². The predicted molar refractivity (Wildman–Crippen MR) is 115 cm³/mol. The molecule has 0 spiro atoms. The van der Waals surface area contributed by atoms with Crippen molar-refractivity contribution in [2.24, 2.45) is 10.2 Å². The number of aromatic nitrogens is 1. The number of thiazole rings is 1. The van der Waals surface area contributed by atoms with Crippen LogP contribution in [-0.4, -0.2) is 21.6 Å². The second-order valence-electron chi connectivity index (χ2n) is 6.17. The van der Waals surface area contributed by atoms with Gasteiger partial charge in [-0.2, -0.15) is 5.10 Å². The van der Waals surface area contributed by atoms with Gasteiger partial charge in [0.25, 0.3) is 0 Å². The van der Waals surface area contributed by atoms with Crippen LogP contribution >= 0.6 is 23.6 Å². The summed E-state index contributed by atoms with van der Waals surface area (Å²) in [5, 5.41) is 19.1. The zero-order valence-electron chi connectivity index (χ0n) is 14.6. The average Bonchev–Trinajstić information content (AvgIpc) is 3.27. The average molecular weight is 392 g/mol. The summed E-state index contributed by atoms with van der Waals surface area (Å²) in [5.74, 6) is 0.168. The Kier molecular flexibility index (Phi) is 4.83. The smallest absolute Gasteiger partial charge is 0.211 e. The van der Waals surface area contributed by atoms with Crippen molar-refractivity contribution in [3.05, 3.63) is 86.2 Å². The van der Waals surface area contributed by atoms with E-state index in [1.54, 1.807) is 10.8 Å². The molecule has 0 amide bonds. The lowest BCUT2D eigenvalue weighted by Crippen LogP contribution is -2.06. The highest BCUT2D eigenvalue weighted by atomic mass is 32.1. The number of allylic oxidation sites excluding steroid dienone is 1. The molecule has 0 aliphatic carbocycles. The molecule has 0 saturated carbocycles. The van der Waals surface area contributed by atoms with Gasteiger partial charge in [0.15, 0.2) is 3.95 Å². The molecule has 4 rings (SSSR count). The Labute approximate surface area is 166 Å². The fraction of sp³-hybridized carbons (Fsp3) is 0.0952. The van der Waals surface area contributed by atoms with Gasteiger partial charge in [0, 0.05) is 11.1 Å². The van der Waals surface area contributed by atoms with Crippen LogP contribution < -0.4 is 0 Å². The third-order valence-electron chi connectivity index (χ3n) is 4.47. The van der Waals surface area contributed by atoms with E-state index >= 15 is 0 Å². The Morgan fingerprint density at radius 2 is 1.74 bits per heavy atom. The van der Waals surface area contributed by atoms with Crippen molar-refractivity contribution >= 4 is 41.6 Å². The van der Waals surface area contributed by atoms with Crippen molar-refractivity contribution in [2.45, 2.75) is 13.0 Å². The van der Waals surface area contributed by atoms with Gasteiger partial charge in [0.05, 0.1) is 17.1 Å². The van der Waals surface area contributed by atoms with Crippen molar-refractivity contribution in [2.75, 3.05) is 0 Å². The fourth-order valence-electron chi connectivity index (χ4n) is 3.05. The summed E-state index contributed by atoms with van der Waals surface area (Å²) in [5.41, 5.74) is 3.72. The third-order valence-corrected chi connectivity index (χ3v) is 5.81. The summed E-state index contributed by atoms with van der Waals surface area (Å²) in [6, 6.07) is 19.8. The summed E-state index contributed by atoms with van der Waals surface area (Å²) in [6.45, 7) is 2.03. The first kappa shape index (κ1) is 17.6. The molecule has 1 aliphatic heterocycles. The monoisotopic (exact) mass is 391 g/mol. The van der Waals surface area contributed by atoms with E-state index in [4.69, 9.17) is 12.2 Å². The number of hydrogen-bond donors (Lipinski definition) is 1. The number of hydrogen-bond acceptors (Lipinski definition) is 5. The van der Waals surface area contributed by atoms with Gasteiger partial charge in [0.1, 0.15) is 5.71 Å². The van der Waals surface area contributed by atoms with Gasteiger partial charge in [-0.05, 0) is 30.8 Å². The molecule has 134 valence electrons. The van der Waals surface area contributed by atoms with Crippen LogP contribution in [0.1, 0.15) is 29.0 Å². The van der Waals surface area contributed by atoms with Crippen molar-refractivity contribution in [1.82, 2.24) is 4.57 Å². The molecule has 4 nitrogen and oxygen atoms in total. The van der Waals surface area contributed by atoms with Crippen LogP contribution in [0.4, 0.5) is 0 Å². The normalized spacial score (nSPS) is 15.9. The minimum absolute atomic E-state index is 0.0541. The molecule has 1 aliphatic rings. The minimum Gasteiger partial charge on any atom is -0.493 e. The first-order valence-corrected chi connectivity index (χ1v) is 9.75. The van der Waals surface area contributed by atoms with Crippen LogP contribution in [0.25, 0.3) is 6.08 Å². The summed E-state index contributed by atoms with van der Waals surface area (Å²) in [6.07, 6.45) is 3.60. The van der Waals surface area contributed by atoms with Crippen LogP contribution in [0.2, 0.25) is 0 Å². The van der Waals surface area contributed by atoms with Gasteiger partial charge in [-0.1, -0.05) is 60.7 Å². The molecular formula is C21H17N3OS2. The maximum atomic E-state index is 10.8. The topological polar surface area (TPSA) is 49.9 Å². The lowest BCUT2D eigenvalue weighted by atomic mass is 10.0. The molecular weight excluding hydrogens is 374 g/mol. The summed E-state index contributed by atoms with van der Waals surface area (Å²) in [4.78, 5) is 0.703. The first-order chi connectivity index (χ1) is 13.1. The Balaban J connectivity index is 1.72. The standard InChI is InChI=1S/C21H17N3OS2/c1-14(15-8-4-2-5-9-15)24-20(25)18(27-21(24)26)12-17-13-22-23-19(17)16-10-6-3-7-11-16/h2-14,25H,1H3/b17-12+/t14-/m0/s1. The SMILES string of the molecule is C[C@@H](c1ccccc1)n1c(O)c(/C=C2\C=NN=C2c2ccccc2)sc1=S. The van der Waals surface area contributed by atoms with E-state index in [0.29, 0.717) is 8.83 Å². The van der Waals surface area contributed by atoms with Crippen molar-refractivity contribution in [3.63, 3.8) is 0 Å². The van der Waals surface area contributed by atoms with E-state index < -0.39 is 0 Å². The molecule has 6 heteroatoms. The van der Waals surface area contributed by atoms with Crippen LogP contribution in [0.15, 0.2) is 76.4 Å². The van der Waals surface area contributed by atoms with Gasteiger partial charge < -0.3 is 5.11 Å². The largest absolute Gasteiger partial charge is 0.493 e. The van der Waals surface area contributed by atoms with Crippen LogP contribution in [0.5, 0.6) is 5.88 Å². The number of rotatable bonds is 4. The highest BCUT2D eigenvalue weighted by molar-refractivity contribution is 7.73. The summed E-state index contributed by atoms with van der Waals surface area (Å²) < 4.78 is 2.41. The molecule has 2 aromatic carbocycles. The van der Waals surface area contributed by atoms with Gasteiger partial charge in [-0.15, -0.1) is 16.4 Å². The zero-order valence-corrected chi connectivity index (χ0v) is 16.2. The number of nitrogens with zero attached hydrogens (tertiary/aromatic N) is 3. The first-order valence-electron chi connectivity index (χ1n) is 8.53. The Morgan fingerprint density at radius 1 is 1.07 bits per heavy atom. The highest BCUT2D eigenvalue weighted by Gasteiger charge is 2.19. The highest BCUT2D eigenvalue weighted by Crippen LogP contribution is 2.34. The zero-order chi connectivity index (χ0) is 18.8. The third kappa shape index (κ3) is 3.41. The molecule has 0 saturated heterocycles. The molecule has 0 unspecified atom stereocenters. The van der Waals surface area contributed by atoms with Crippen molar-refractivity contribution < 1.29 is 5.11 Å². The van der Waals surface area contributed by atoms with Gasteiger partial charge >= 0.3 is 0 Å². The van der Waals surface area contributed by atoms with E-state index in [9.17, 15) is 5.11 Å². The predicted octanol–water partition coefficient (Wildman–Crippen LogP) is 5.47. The Hall–Kier alpha value is -2.83. The van der Waals surface area contributed by atoms with E-state index in [2.05, 4.69) is 10.2 Å². The quantitative estimate of drug-likeness (QED) is 0.600. The molecule has 1 aromatic heterocycles. The van der Waals surface area contributed by atoms with E-state index in [1.165, 1.54) is 11.3 Å². The maximum Gasteiger partial charge on any atom is 0.211 e. The minimum atomic E-state index is -0.0541. The fourth-order valence-corrected chi connectivity index (χ4v) is 4.47. The number of benzene rings is 2. The van der Waals surface area contributed by atoms with Crippen molar-refractivity contribution in [3.8, 4) is 5.88 Å². The number of aromatic hydroxyl groups is 1. The van der Waals surface area contributed by atoms with Crippen LogP contribution in [0, 0.1) is 3.95 Å². The van der Waals surface area contributed by atoms with Crippen molar-refractivity contribution in [1.29, 1.82) is 0 Å². The Bertz CT molecular complexity index is 1110. The lowest BCUT2D eigenvalue weighted by Gasteiger charge is -2.15. The van der Waals surface area contributed by atoms with Gasteiger partial charge in [0.2, 0.25) is 5.88 Å². The molecule has 0 fully saturated rings. The molecule has 0 radical (unpaired) electrons.